The molecule has 0 atom stereocenters. The Morgan fingerprint density at radius 3 is 2.80 bits per heavy atom. The highest BCUT2D eigenvalue weighted by molar-refractivity contribution is 5.38. The van der Waals surface area contributed by atoms with Gasteiger partial charge in [0.25, 0.3) is 0 Å². The minimum atomic E-state index is 0.425. The molecule has 0 unspecified atom stereocenters. The highest BCUT2D eigenvalue weighted by Crippen LogP contribution is 2.29. The van der Waals surface area contributed by atoms with E-state index in [0.717, 1.165) is 31.3 Å². The lowest BCUT2D eigenvalue weighted by molar-refractivity contribution is 0.127. The molecule has 2 rings (SSSR count). The van der Waals surface area contributed by atoms with Crippen LogP contribution < -0.4 is 10.1 Å². The molecule has 5 heteroatoms. The predicted octanol–water partition coefficient (Wildman–Crippen LogP) is 3.01. The number of anilines is 1. The van der Waals surface area contributed by atoms with Gasteiger partial charge in [-0.3, -0.25) is 0 Å². The molecule has 5 nitrogen and oxygen atoms in total. The Kier molecular flexibility index (Phi) is 6.05. The van der Waals surface area contributed by atoms with Gasteiger partial charge in [0.2, 0.25) is 5.88 Å². The summed E-state index contributed by atoms with van der Waals surface area (Å²) in [7, 11) is 0. The number of hydrogen-bond donors (Lipinski definition) is 1. The molecule has 0 bridgehead atoms. The molecule has 1 saturated carbocycles. The maximum atomic E-state index is 5.77. The van der Waals surface area contributed by atoms with Gasteiger partial charge in [-0.15, -0.1) is 0 Å². The zero-order chi connectivity index (χ0) is 14.2. The lowest BCUT2D eigenvalue weighted by atomic mass is 9.83. The quantitative estimate of drug-likeness (QED) is 0.753. The molecule has 1 aromatic heterocycles. The highest BCUT2D eigenvalue weighted by atomic mass is 16.5. The molecule has 1 aliphatic carbocycles. The molecule has 0 saturated heterocycles. The molecule has 20 heavy (non-hydrogen) atoms. The monoisotopic (exact) mass is 279 g/mol. The van der Waals surface area contributed by atoms with Gasteiger partial charge in [-0.2, -0.15) is 4.98 Å². The summed E-state index contributed by atoms with van der Waals surface area (Å²) < 4.78 is 11.1. The van der Waals surface area contributed by atoms with Gasteiger partial charge in [0.05, 0.1) is 6.61 Å². The third-order valence-electron chi connectivity index (χ3n) is 3.54. The average Bonchev–Trinajstić information content (AvgIpc) is 2.39. The first-order valence-corrected chi connectivity index (χ1v) is 7.64. The largest absolute Gasteiger partial charge is 0.478 e. The molecule has 1 fully saturated rings. The molecule has 112 valence electrons. The first-order chi connectivity index (χ1) is 9.81. The summed E-state index contributed by atoms with van der Waals surface area (Å²) in [5, 5.41) is 3.20. The first-order valence-electron chi connectivity index (χ1n) is 7.64. The summed E-state index contributed by atoms with van der Waals surface area (Å²) >= 11 is 0. The van der Waals surface area contributed by atoms with Crippen LogP contribution in [0.25, 0.3) is 0 Å². The Balaban J connectivity index is 1.91. The minimum Gasteiger partial charge on any atom is -0.478 e. The number of nitrogens with zero attached hydrogens (tertiary/aromatic N) is 2. The van der Waals surface area contributed by atoms with Crippen LogP contribution in [0.4, 0.5) is 5.82 Å². The maximum Gasteiger partial charge on any atom is 0.218 e. The van der Waals surface area contributed by atoms with Crippen molar-refractivity contribution in [1.29, 1.82) is 0 Å². The van der Waals surface area contributed by atoms with Gasteiger partial charge in [-0.1, -0.05) is 19.3 Å². The smallest absolute Gasteiger partial charge is 0.218 e. The zero-order valence-electron chi connectivity index (χ0n) is 12.5. The molecule has 0 spiro atoms. The summed E-state index contributed by atoms with van der Waals surface area (Å²) in [5.74, 6) is 2.97. The maximum absolute atomic E-state index is 5.77. The summed E-state index contributed by atoms with van der Waals surface area (Å²) in [6, 6.07) is 1.86. The van der Waals surface area contributed by atoms with E-state index in [9.17, 15) is 0 Å². The second kappa shape index (κ2) is 8.04. The van der Waals surface area contributed by atoms with E-state index in [0.29, 0.717) is 24.9 Å². The van der Waals surface area contributed by atoms with Crippen LogP contribution in [-0.4, -0.2) is 29.7 Å². The van der Waals surface area contributed by atoms with Gasteiger partial charge in [0.1, 0.15) is 12.4 Å². The van der Waals surface area contributed by atoms with Crippen LogP contribution in [0.1, 0.15) is 45.4 Å². The molecule has 1 heterocycles. The Bertz CT molecular complexity index is 408. The van der Waals surface area contributed by atoms with Gasteiger partial charge in [0.15, 0.2) is 5.82 Å². The van der Waals surface area contributed by atoms with Crippen molar-refractivity contribution in [2.24, 2.45) is 5.92 Å². The number of rotatable bonds is 9. The third-order valence-corrected chi connectivity index (χ3v) is 3.54. The van der Waals surface area contributed by atoms with Crippen LogP contribution in [0.3, 0.4) is 0 Å². The molecule has 0 radical (unpaired) electrons. The van der Waals surface area contributed by atoms with Crippen LogP contribution >= 0.6 is 0 Å². The summed E-state index contributed by atoms with van der Waals surface area (Å²) in [6.07, 6.45) is 5.21. The molecule has 1 aromatic rings. The molecule has 1 aliphatic rings. The van der Waals surface area contributed by atoms with Crippen molar-refractivity contribution in [2.45, 2.75) is 46.1 Å². The Morgan fingerprint density at radius 2 is 2.15 bits per heavy atom. The second-order valence-electron chi connectivity index (χ2n) is 5.11. The standard InChI is InChI=1S/C15H25N3O2/c1-3-16-13-10-15(18-14(17-13)11-19-4-2)20-9-8-12-6-5-7-12/h10,12H,3-9,11H2,1-2H3,(H,16,17,18). The molecular formula is C15H25N3O2. The highest BCUT2D eigenvalue weighted by Gasteiger charge is 2.17. The predicted molar refractivity (Wildman–Crippen MR) is 79.0 cm³/mol. The van der Waals surface area contributed by atoms with Crippen molar-refractivity contribution in [2.75, 3.05) is 25.1 Å². The van der Waals surface area contributed by atoms with Gasteiger partial charge < -0.3 is 14.8 Å². The number of hydrogen-bond acceptors (Lipinski definition) is 5. The molecule has 0 aliphatic heterocycles. The fourth-order valence-electron chi connectivity index (χ4n) is 2.19. The van der Waals surface area contributed by atoms with Crippen LogP contribution in [0, 0.1) is 5.92 Å². The van der Waals surface area contributed by atoms with Crippen LogP contribution in [0.2, 0.25) is 0 Å². The average molecular weight is 279 g/mol. The van der Waals surface area contributed by atoms with E-state index in [2.05, 4.69) is 15.3 Å². The van der Waals surface area contributed by atoms with Crippen LogP contribution in [-0.2, 0) is 11.3 Å². The van der Waals surface area contributed by atoms with Crippen molar-refractivity contribution in [3.63, 3.8) is 0 Å². The second-order valence-corrected chi connectivity index (χ2v) is 5.11. The van der Waals surface area contributed by atoms with E-state index in [-0.39, 0.29) is 0 Å². The van der Waals surface area contributed by atoms with Crippen LogP contribution in [0.15, 0.2) is 6.07 Å². The van der Waals surface area contributed by atoms with Gasteiger partial charge in [-0.25, -0.2) is 4.98 Å². The van der Waals surface area contributed by atoms with Crippen molar-refractivity contribution in [3.8, 4) is 5.88 Å². The lowest BCUT2D eigenvalue weighted by Gasteiger charge is -2.24. The number of ether oxygens (including phenoxy) is 2. The van der Waals surface area contributed by atoms with Gasteiger partial charge in [0, 0.05) is 19.2 Å². The molecule has 1 N–H and O–H groups in total. The Labute approximate surface area is 121 Å². The fraction of sp³-hybridized carbons (Fsp3) is 0.733. The lowest BCUT2D eigenvalue weighted by Crippen LogP contribution is -2.15. The Hall–Kier alpha value is -1.36. The van der Waals surface area contributed by atoms with E-state index in [4.69, 9.17) is 9.47 Å². The summed E-state index contributed by atoms with van der Waals surface area (Å²) in [4.78, 5) is 8.80. The third kappa shape index (κ3) is 4.63. The normalized spacial score (nSPS) is 14.9. The minimum absolute atomic E-state index is 0.425. The SMILES string of the molecule is CCNc1cc(OCCC2CCC2)nc(COCC)n1. The van der Waals surface area contributed by atoms with Crippen molar-refractivity contribution >= 4 is 5.82 Å². The Morgan fingerprint density at radius 1 is 1.30 bits per heavy atom. The van der Waals surface area contributed by atoms with Crippen molar-refractivity contribution in [1.82, 2.24) is 9.97 Å². The van der Waals surface area contributed by atoms with Crippen LogP contribution in [0.5, 0.6) is 5.88 Å². The fourth-order valence-corrected chi connectivity index (χ4v) is 2.19. The summed E-state index contributed by atoms with van der Waals surface area (Å²) in [5.41, 5.74) is 0. The molecule has 0 amide bonds. The van der Waals surface area contributed by atoms with Crippen molar-refractivity contribution in [3.05, 3.63) is 11.9 Å². The van der Waals surface area contributed by atoms with Gasteiger partial charge >= 0.3 is 0 Å². The van der Waals surface area contributed by atoms with Crippen molar-refractivity contribution < 1.29 is 9.47 Å². The summed E-state index contributed by atoms with van der Waals surface area (Å²) in [6.45, 7) is 6.65. The van der Waals surface area contributed by atoms with E-state index in [1.165, 1.54) is 19.3 Å². The van der Waals surface area contributed by atoms with Gasteiger partial charge in [-0.05, 0) is 26.2 Å². The van der Waals surface area contributed by atoms with E-state index in [1.54, 1.807) is 0 Å². The number of aromatic nitrogens is 2. The molecule has 0 aromatic carbocycles. The number of nitrogens with one attached hydrogen (secondary N) is 1. The van der Waals surface area contributed by atoms with E-state index >= 15 is 0 Å². The van der Waals surface area contributed by atoms with E-state index in [1.807, 2.05) is 19.9 Å². The zero-order valence-corrected chi connectivity index (χ0v) is 12.5. The first kappa shape index (κ1) is 15.0. The topological polar surface area (TPSA) is 56.3 Å². The molecular weight excluding hydrogens is 254 g/mol. The van der Waals surface area contributed by atoms with E-state index < -0.39 is 0 Å².